The molecule has 2 aliphatic heterocycles. The van der Waals surface area contributed by atoms with Gasteiger partial charge in [0.05, 0.1) is 23.2 Å². The van der Waals surface area contributed by atoms with Gasteiger partial charge >= 0.3 is 0 Å². The topological polar surface area (TPSA) is 126 Å². The number of likely N-dealkylation sites (tertiary alicyclic amines) is 1. The molecular weight excluding hydrogens is 678 g/mol. The van der Waals surface area contributed by atoms with Gasteiger partial charge in [-0.05, 0) is 87.2 Å². The van der Waals surface area contributed by atoms with Crippen LogP contribution >= 0.6 is 11.6 Å². The van der Waals surface area contributed by atoms with Crippen molar-refractivity contribution in [3.05, 3.63) is 105 Å². The quantitative estimate of drug-likeness (QED) is 0.146. The van der Waals surface area contributed by atoms with E-state index in [1.807, 2.05) is 49.4 Å². The number of ether oxygens (including phenoxy) is 3. The second-order valence-corrected chi connectivity index (χ2v) is 14.0. The van der Waals surface area contributed by atoms with E-state index >= 15 is 0 Å². The number of imide groups is 1. The first-order valence-corrected chi connectivity index (χ1v) is 18.0. The average Bonchev–Trinajstić information content (AvgIpc) is 3.14. The van der Waals surface area contributed by atoms with Crippen LogP contribution < -0.4 is 24.8 Å². The lowest BCUT2D eigenvalue weighted by Gasteiger charge is -2.29. The molecule has 2 fully saturated rings. The van der Waals surface area contributed by atoms with E-state index < -0.39 is 6.04 Å². The summed E-state index contributed by atoms with van der Waals surface area (Å²) in [4.78, 5) is 30.6. The van der Waals surface area contributed by atoms with E-state index in [9.17, 15) is 14.9 Å². The number of nitrogens with zero attached hydrogens (tertiary/aromatic N) is 3. The van der Waals surface area contributed by atoms with Gasteiger partial charge in [-0.1, -0.05) is 41.9 Å². The largest absolute Gasteiger partial charge is 0.492 e. The predicted octanol–water partition coefficient (Wildman–Crippen LogP) is 6.66. The Hall–Kier alpha value is -4.95. The highest BCUT2D eigenvalue weighted by Crippen LogP contribution is 2.38. The molecular formula is C41H44ClN5O5. The minimum absolute atomic E-state index is 0.179. The van der Waals surface area contributed by atoms with Crippen molar-refractivity contribution >= 4 is 23.4 Å². The van der Waals surface area contributed by atoms with Gasteiger partial charge in [-0.3, -0.25) is 19.9 Å². The number of hydrogen-bond acceptors (Lipinski definition) is 9. The number of piperidine rings is 2. The maximum Gasteiger partial charge on any atom is 0.243 e. The van der Waals surface area contributed by atoms with Gasteiger partial charge in [0.1, 0.15) is 36.5 Å². The highest BCUT2D eigenvalue weighted by molar-refractivity contribution is 6.34. The van der Waals surface area contributed by atoms with E-state index in [1.54, 1.807) is 12.3 Å². The summed E-state index contributed by atoms with van der Waals surface area (Å²) < 4.78 is 19.0. The number of pyridine rings is 1. The van der Waals surface area contributed by atoms with Crippen LogP contribution in [0, 0.1) is 31.1 Å². The SMILES string of the molecule is Cc1cc(CNC2CCC(=O)NC2=O)c(OCc2cncc(C#N)c2)cc1OCc1cccc(-c2cccc(OCC3CCCN(C)C3)c2Cl)c1C. The third-order valence-corrected chi connectivity index (χ3v) is 10.1. The van der Waals surface area contributed by atoms with Crippen LogP contribution in [0.5, 0.6) is 17.2 Å². The van der Waals surface area contributed by atoms with Gasteiger partial charge in [0.25, 0.3) is 0 Å². The fourth-order valence-corrected chi connectivity index (χ4v) is 7.08. The number of aryl methyl sites for hydroxylation is 1. The molecule has 2 atom stereocenters. The predicted molar refractivity (Wildman–Crippen MR) is 199 cm³/mol. The van der Waals surface area contributed by atoms with Crippen molar-refractivity contribution in [2.24, 2.45) is 5.92 Å². The van der Waals surface area contributed by atoms with Crippen molar-refractivity contribution in [3.8, 4) is 34.4 Å². The molecule has 0 aliphatic carbocycles. The fourth-order valence-electron chi connectivity index (χ4n) is 6.80. The lowest BCUT2D eigenvalue weighted by molar-refractivity contribution is -0.134. The van der Waals surface area contributed by atoms with Crippen LogP contribution in [0.1, 0.15) is 59.1 Å². The second kappa shape index (κ2) is 17.0. The summed E-state index contributed by atoms with van der Waals surface area (Å²) in [5, 5.41) is 15.6. The molecule has 0 spiro atoms. The van der Waals surface area contributed by atoms with Crippen LogP contribution in [0.2, 0.25) is 5.02 Å². The Balaban J connectivity index is 1.19. The summed E-state index contributed by atoms with van der Waals surface area (Å²) in [6.45, 7) is 7.67. The molecule has 2 N–H and O–H groups in total. The van der Waals surface area contributed by atoms with Crippen LogP contribution in [-0.2, 0) is 29.3 Å². The van der Waals surface area contributed by atoms with Crippen LogP contribution in [0.15, 0.2) is 67.0 Å². The van der Waals surface area contributed by atoms with Crippen LogP contribution in [-0.4, -0.2) is 54.5 Å². The Morgan fingerprint density at radius 3 is 2.58 bits per heavy atom. The van der Waals surface area contributed by atoms with Crippen LogP contribution in [0.25, 0.3) is 11.1 Å². The molecule has 2 aliphatic rings. The molecule has 0 bridgehead atoms. The minimum Gasteiger partial charge on any atom is -0.492 e. The lowest BCUT2D eigenvalue weighted by atomic mass is 9.96. The summed E-state index contributed by atoms with van der Waals surface area (Å²) in [6.07, 6.45) is 6.21. The molecule has 0 saturated carbocycles. The fraction of sp³-hybridized carbons (Fsp3) is 0.366. The first-order chi connectivity index (χ1) is 25.2. The van der Waals surface area contributed by atoms with Crippen molar-refractivity contribution in [1.29, 1.82) is 5.26 Å². The minimum atomic E-state index is -0.492. The van der Waals surface area contributed by atoms with Crippen molar-refractivity contribution in [2.45, 2.75) is 65.3 Å². The van der Waals surface area contributed by atoms with Gasteiger partial charge in [0.15, 0.2) is 0 Å². The molecule has 2 saturated heterocycles. The zero-order chi connectivity index (χ0) is 36.6. The molecule has 6 rings (SSSR count). The number of carbonyl (C=O) groups is 2. The first kappa shape index (κ1) is 36.8. The van der Waals surface area contributed by atoms with Crippen molar-refractivity contribution in [1.82, 2.24) is 20.5 Å². The molecule has 3 heterocycles. The van der Waals surface area contributed by atoms with Crippen molar-refractivity contribution < 1.29 is 23.8 Å². The number of aromatic nitrogens is 1. The number of carbonyl (C=O) groups excluding carboxylic acids is 2. The Bertz CT molecular complexity index is 1980. The van der Waals surface area contributed by atoms with Crippen LogP contribution in [0.3, 0.4) is 0 Å². The number of amides is 2. The molecule has 2 unspecified atom stereocenters. The summed E-state index contributed by atoms with van der Waals surface area (Å²) in [6, 6.07) is 19.3. The monoisotopic (exact) mass is 721 g/mol. The molecule has 2 amide bonds. The highest BCUT2D eigenvalue weighted by atomic mass is 35.5. The van der Waals surface area contributed by atoms with Gasteiger partial charge in [-0.25, -0.2) is 0 Å². The summed E-state index contributed by atoms with van der Waals surface area (Å²) in [5.74, 6) is 1.80. The average molecular weight is 722 g/mol. The van der Waals surface area contributed by atoms with E-state index in [-0.39, 0.29) is 24.8 Å². The van der Waals surface area contributed by atoms with Gasteiger partial charge in [0, 0.05) is 60.6 Å². The van der Waals surface area contributed by atoms with E-state index in [1.165, 1.54) is 12.6 Å². The number of nitriles is 1. The maximum absolute atomic E-state index is 12.4. The zero-order valence-corrected chi connectivity index (χ0v) is 30.6. The third kappa shape index (κ3) is 9.09. The standard InChI is InChI=1S/C41H44ClN5O5/c1-26-15-32(21-45-35-12-13-39(48)46-41(35)49)38(51-24-30-16-29(18-43)19-44-20-30)17-37(26)52-25-31-8-4-9-33(27(31)2)34-10-5-11-36(40(34)42)50-23-28-7-6-14-47(3)22-28/h4-5,8-11,15-17,19-20,28,35,45H,6-7,12-14,21-25H2,1-3H3,(H,46,48,49). The van der Waals surface area contributed by atoms with Gasteiger partial charge in [-0.15, -0.1) is 0 Å². The number of halogens is 1. The first-order valence-electron chi connectivity index (χ1n) is 17.7. The Kier molecular flexibility index (Phi) is 12.1. The van der Waals surface area contributed by atoms with Gasteiger partial charge < -0.3 is 24.4 Å². The van der Waals surface area contributed by atoms with E-state index in [0.29, 0.717) is 59.9 Å². The zero-order valence-electron chi connectivity index (χ0n) is 29.8. The molecule has 0 radical (unpaired) electrons. The highest BCUT2D eigenvalue weighted by Gasteiger charge is 2.26. The van der Waals surface area contributed by atoms with Gasteiger partial charge in [0.2, 0.25) is 11.8 Å². The lowest BCUT2D eigenvalue weighted by Crippen LogP contribution is -2.50. The summed E-state index contributed by atoms with van der Waals surface area (Å²) in [5.41, 5.74) is 6.89. The Morgan fingerprint density at radius 1 is 0.962 bits per heavy atom. The Labute approximate surface area is 310 Å². The molecule has 11 heteroatoms. The van der Waals surface area contributed by atoms with Crippen molar-refractivity contribution in [2.75, 3.05) is 26.7 Å². The number of hydrogen-bond donors (Lipinski definition) is 2. The van der Waals surface area contributed by atoms with E-state index in [0.717, 1.165) is 58.5 Å². The van der Waals surface area contributed by atoms with Crippen molar-refractivity contribution in [3.63, 3.8) is 0 Å². The molecule has 1 aromatic heterocycles. The number of rotatable bonds is 13. The molecule has 3 aromatic carbocycles. The summed E-state index contributed by atoms with van der Waals surface area (Å²) >= 11 is 6.98. The third-order valence-electron chi connectivity index (χ3n) is 9.73. The second-order valence-electron chi connectivity index (χ2n) is 13.7. The molecule has 270 valence electrons. The molecule has 10 nitrogen and oxygen atoms in total. The van der Waals surface area contributed by atoms with Gasteiger partial charge in [-0.2, -0.15) is 5.26 Å². The maximum atomic E-state index is 12.4. The smallest absolute Gasteiger partial charge is 0.243 e. The Morgan fingerprint density at radius 2 is 1.77 bits per heavy atom. The summed E-state index contributed by atoms with van der Waals surface area (Å²) in [7, 11) is 2.16. The normalized spacial score (nSPS) is 17.7. The van der Waals surface area contributed by atoms with E-state index in [2.05, 4.69) is 46.6 Å². The van der Waals surface area contributed by atoms with E-state index in [4.69, 9.17) is 25.8 Å². The van der Waals surface area contributed by atoms with Crippen LogP contribution in [0.4, 0.5) is 0 Å². The molecule has 52 heavy (non-hydrogen) atoms. The number of nitrogens with one attached hydrogen (secondary N) is 2. The number of benzene rings is 3. The molecule has 4 aromatic rings.